The summed E-state index contributed by atoms with van der Waals surface area (Å²) in [5.41, 5.74) is 11.2. The third-order valence-corrected chi connectivity index (χ3v) is 13.5. The molecule has 0 bridgehead atoms. The van der Waals surface area contributed by atoms with Crippen LogP contribution in [0, 0.1) is 17.9 Å². The van der Waals surface area contributed by atoms with E-state index < -0.39 is 8.07 Å². The van der Waals surface area contributed by atoms with Crippen LogP contribution in [-0.2, 0) is 43.8 Å². The summed E-state index contributed by atoms with van der Waals surface area (Å²) < 4.78 is 2.33. The van der Waals surface area contributed by atoms with Crippen LogP contribution in [0.3, 0.4) is 0 Å². The SMILES string of the molecule is CC(C)c1c2c([c-]c3ccccc13)-c1c3c(cc[n+]1C)C=C(c1ccc([Si](C)(C)C)cc1)C3(C)C2.CCC(CC)C(=O)/C=C(\O)C(CC)CC.[Ir]. The Bertz CT molecular complexity index is 1940. The van der Waals surface area contributed by atoms with Gasteiger partial charge in [-0.15, -0.1) is 28.6 Å². The standard InChI is InChI=1S/C33H35NSi.C13H24O2.Ir/c1-21(2)30-26-11-9-8-10-23(26)18-27-28(30)20-33(3)29(19-24-16-17-34(4)32(27)31(24)33)22-12-14-25(15-13-22)35(5,6)7;1-5-10(6-2)12(14)9-13(15)11(7-3)8-4;/h8-17,19,21H,20H2,1-7H3;9-11,14H,5-8H2,1-4H3;/b;12-9-;. The summed E-state index contributed by atoms with van der Waals surface area (Å²) in [6.07, 6.45) is 10.6. The quantitative estimate of drug-likeness (QED) is 0.0567. The molecule has 51 heavy (non-hydrogen) atoms. The Hall–Kier alpha value is -3.11. The number of rotatable bonds is 10. The van der Waals surface area contributed by atoms with Gasteiger partial charge in [0, 0.05) is 55.1 Å². The molecule has 3 nitrogen and oxygen atoms in total. The minimum atomic E-state index is -1.33. The summed E-state index contributed by atoms with van der Waals surface area (Å²) in [5, 5.41) is 13.9. The van der Waals surface area contributed by atoms with Crippen LogP contribution in [0.4, 0.5) is 0 Å². The monoisotopic (exact) mass is 878 g/mol. The molecular weight excluding hydrogens is 819 g/mol. The number of benzene rings is 3. The van der Waals surface area contributed by atoms with Gasteiger partial charge in [0.1, 0.15) is 7.05 Å². The molecule has 0 saturated heterocycles. The van der Waals surface area contributed by atoms with Gasteiger partial charge in [-0.1, -0.05) is 127 Å². The van der Waals surface area contributed by atoms with Crippen LogP contribution < -0.4 is 9.75 Å². The Kier molecular flexibility index (Phi) is 13.0. The number of carbonyl (C=O) groups is 1. The summed E-state index contributed by atoms with van der Waals surface area (Å²) in [6.45, 7) is 22.5. The van der Waals surface area contributed by atoms with Crippen LogP contribution in [0.15, 0.2) is 72.6 Å². The molecule has 2 aliphatic carbocycles. The third kappa shape index (κ3) is 7.82. The molecule has 0 saturated carbocycles. The van der Waals surface area contributed by atoms with Crippen molar-refractivity contribution >= 4 is 41.5 Å². The number of aliphatic hydroxyl groups excluding tert-OH is 1. The second-order valence-electron chi connectivity index (χ2n) is 16.1. The van der Waals surface area contributed by atoms with Gasteiger partial charge in [0.25, 0.3) is 0 Å². The van der Waals surface area contributed by atoms with Crippen LogP contribution in [0.1, 0.15) is 108 Å². The molecule has 0 spiro atoms. The number of allylic oxidation sites excluding steroid dienone is 3. The zero-order valence-electron chi connectivity index (χ0n) is 32.8. The molecule has 0 amide bonds. The number of hydrogen-bond donors (Lipinski definition) is 1. The fourth-order valence-corrected chi connectivity index (χ4v) is 9.53. The van der Waals surface area contributed by atoms with Crippen molar-refractivity contribution < 1.29 is 34.6 Å². The molecule has 1 atom stereocenters. The summed E-state index contributed by atoms with van der Waals surface area (Å²) in [4.78, 5) is 11.7. The summed E-state index contributed by atoms with van der Waals surface area (Å²) in [7, 11) is 0.869. The van der Waals surface area contributed by atoms with Gasteiger partial charge in [-0.05, 0) is 60.3 Å². The first-order valence-electron chi connectivity index (χ1n) is 19.0. The van der Waals surface area contributed by atoms with Crippen LogP contribution in [0.5, 0.6) is 0 Å². The Morgan fingerprint density at radius 2 is 1.55 bits per heavy atom. The van der Waals surface area contributed by atoms with E-state index in [1.165, 1.54) is 66.7 Å². The maximum Gasteiger partial charge on any atom is 0.162 e. The van der Waals surface area contributed by atoms with Gasteiger partial charge in [0.05, 0.1) is 13.8 Å². The fraction of sp³-hybridized carbons (Fsp3) is 0.435. The van der Waals surface area contributed by atoms with E-state index in [0.717, 1.165) is 32.1 Å². The van der Waals surface area contributed by atoms with E-state index in [4.69, 9.17) is 0 Å². The molecule has 2 aliphatic rings. The van der Waals surface area contributed by atoms with Gasteiger partial charge in [0.2, 0.25) is 0 Å². The number of ketones is 1. The zero-order valence-corrected chi connectivity index (χ0v) is 36.2. The van der Waals surface area contributed by atoms with Gasteiger partial charge in [0.15, 0.2) is 17.7 Å². The van der Waals surface area contributed by atoms with Crippen molar-refractivity contribution in [2.24, 2.45) is 18.9 Å². The largest absolute Gasteiger partial charge is 0.512 e. The van der Waals surface area contributed by atoms with Crippen molar-refractivity contribution in [2.45, 2.75) is 112 Å². The molecule has 3 aromatic carbocycles. The van der Waals surface area contributed by atoms with Gasteiger partial charge in [-0.2, -0.15) is 0 Å². The maximum absolute atomic E-state index is 11.7. The molecule has 5 heteroatoms. The molecule has 1 radical (unpaired) electrons. The predicted octanol–water partition coefficient (Wildman–Crippen LogP) is 11.0. The van der Waals surface area contributed by atoms with Crippen molar-refractivity contribution in [3.05, 3.63) is 107 Å². The van der Waals surface area contributed by atoms with Crippen molar-refractivity contribution in [2.75, 3.05) is 0 Å². The number of aryl methyl sites for hydroxylation is 1. The van der Waals surface area contributed by atoms with E-state index >= 15 is 0 Å². The van der Waals surface area contributed by atoms with Gasteiger partial charge in [-0.3, -0.25) is 4.79 Å². The van der Waals surface area contributed by atoms with Crippen LogP contribution >= 0.6 is 0 Å². The molecule has 6 rings (SSSR count). The predicted molar refractivity (Wildman–Crippen MR) is 216 cm³/mol. The number of aliphatic hydroxyl groups is 1. The Morgan fingerprint density at radius 3 is 2.12 bits per heavy atom. The Labute approximate surface area is 322 Å². The zero-order chi connectivity index (χ0) is 36.5. The number of aromatic nitrogens is 1. The van der Waals surface area contributed by atoms with E-state index in [9.17, 15) is 9.90 Å². The number of hydrogen-bond acceptors (Lipinski definition) is 2. The second kappa shape index (κ2) is 16.3. The summed E-state index contributed by atoms with van der Waals surface area (Å²) >= 11 is 0. The van der Waals surface area contributed by atoms with E-state index in [2.05, 4.69) is 125 Å². The van der Waals surface area contributed by atoms with Crippen LogP contribution in [0.2, 0.25) is 19.6 Å². The first-order chi connectivity index (χ1) is 23.7. The van der Waals surface area contributed by atoms with E-state index in [-0.39, 0.29) is 48.9 Å². The molecule has 1 N–H and O–H groups in total. The number of pyridine rings is 1. The van der Waals surface area contributed by atoms with Crippen molar-refractivity contribution in [1.82, 2.24) is 0 Å². The van der Waals surface area contributed by atoms with Gasteiger partial charge >= 0.3 is 0 Å². The topological polar surface area (TPSA) is 41.2 Å². The number of nitrogens with zero attached hydrogens (tertiary/aromatic N) is 1. The minimum Gasteiger partial charge on any atom is -0.512 e. The van der Waals surface area contributed by atoms with Crippen molar-refractivity contribution in [1.29, 1.82) is 0 Å². The second-order valence-corrected chi connectivity index (χ2v) is 21.2. The molecular formula is C46H59IrNO2Si. The molecule has 1 heterocycles. The normalized spacial score (nSPS) is 16.4. The third-order valence-electron chi connectivity index (χ3n) is 11.4. The average molecular weight is 878 g/mol. The van der Waals surface area contributed by atoms with E-state index in [0.29, 0.717) is 5.92 Å². The number of carbonyl (C=O) groups excluding carboxylic acids is 1. The molecule has 0 fully saturated rings. The van der Waals surface area contributed by atoms with Crippen molar-refractivity contribution in [3.63, 3.8) is 0 Å². The molecule has 273 valence electrons. The first-order valence-corrected chi connectivity index (χ1v) is 22.5. The van der Waals surface area contributed by atoms with Gasteiger partial charge in [-0.25, -0.2) is 4.57 Å². The fourth-order valence-electron chi connectivity index (χ4n) is 8.36. The van der Waals surface area contributed by atoms with Crippen LogP contribution in [-0.4, -0.2) is 19.0 Å². The Morgan fingerprint density at radius 1 is 0.941 bits per heavy atom. The maximum atomic E-state index is 11.7. The minimum absolute atomic E-state index is 0. The molecule has 1 unspecified atom stereocenters. The molecule has 4 aromatic rings. The van der Waals surface area contributed by atoms with E-state index in [1.807, 2.05) is 27.7 Å². The van der Waals surface area contributed by atoms with E-state index in [1.54, 1.807) is 0 Å². The number of fused-ring (bicyclic) bond motifs is 3. The molecule has 0 aliphatic heterocycles. The first kappa shape index (κ1) is 40.7. The summed E-state index contributed by atoms with van der Waals surface area (Å²) in [5.74, 6) is 0.998. The molecule has 1 aromatic heterocycles. The van der Waals surface area contributed by atoms with Crippen molar-refractivity contribution in [3.8, 4) is 11.3 Å². The summed E-state index contributed by atoms with van der Waals surface area (Å²) in [6, 6.07) is 24.5. The van der Waals surface area contributed by atoms with Crippen LogP contribution in [0.25, 0.3) is 33.7 Å². The smallest absolute Gasteiger partial charge is 0.162 e. The average Bonchev–Trinajstić information content (AvgIpc) is 3.37. The Balaban J connectivity index is 0.000000312. The van der Waals surface area contributed by atoms with Gasteiger partial charge < -0.3 is 5.11 Å².